The number of likely N-dealkylation sites (tertiary alicyclic amines) is 1. The molecule has 2 heterocycles. The number of anilines is 1. The second-order valence-corrected chi connectivity index (χ2v) is 7.73. The van der Waals surface area contributed by atoms with E-state index >= 15 is 0 Å². The number of nitrogens with zero attached hydrogens (tertiary/aromatic N) is 3. The van der Waals surface area contributed by atoms with E-state index in [4.69, 9.17) is 0 Å². The maximum atomic E-state index is 13.1. The average Bonchev–Trinajstić information content (AvgIpc) is 3.48. The van der Waals surface area contributed by atoms with E-state index in [0.717, 1.165) is 37.1 Å². The van der Waals surface area contributed by atoms with Crippen LogP contribution < -0.4 is 10.6 Å². The summed E-state index contributed by atoms with van der Waals surface area (Å²) < 4.78 is 1.57. The molecule has 1 atom stereocenters. The highest BCUT2D eigenvalue weighted by atomic mass is 16.2. The summed E-state index contributed by atoms with van der Waals surface area (Å²) in [5, 5.41) is 10.0. The van der Waals surface area contributed by atoms with Crippen molar-refractivity contribution in [3.63, 3.8) is 0 Å². The minimum atomic E-state index is -0.277. The van der Waals surface area contributed by atoms with Crippen molar-refractivity contribution < 1.29 is 9.59 Å². The highest BCUT2D eigenvalue weighted by Gasteiger charge is 2.29. The maximum absolute atomic E-state index is 13.1. The first-order valence-electron chi connectivity index (χ1n) is 10.6. The number of aromatic nitrogens is 2. The average molecular weight is 418 g/mol. The minimum Gasteiger partial charge on any atom is -0.350 e. The fourth-order valence-electron chi connectivity index (χ4n) is 3.95. The summed E-state index contributed by atoms with van der Waals surface area (Å²) >= 11 is 0. The molecule has 1 aromatic heterocycles. The van der Waals surface area contributed by atoms with Crippen LogP contribution in [0.25, 0.3) is 0 Å². The number of hydrogen-bond donors (Lipinski definition) is 2. The summed E-state index contributed by atoms with van der Waals surface area (Å²) in [6.45, 7) is 2.43. The zero-order valence-electron chi connectivity index (χ0n) is 17.4. The fourth-order valence-corrected chi connectivity index (χ4v) is 3.95. The molecule has 2 aromatic carbocycles. The number of hydrogen-bond acceptors (Lipinski definition) is 4. The van der Waals surface area contributed by atoms with Gasteiger partial charge in [0, 0.05) is 24.6 Å². The van der Waals surface area contributed by atoms with Crippen LogP contribution in [0.5, 0.6) is 0 Å². The third-order valence-electron chi connectivity index (χ3n) is 5.41. The largest absolute Gasteiger partial charge is 0.350 e. The Morgan fingerprint density at radius 2 is 1.81 bits per heavy atom. The Balaban J connectivity index is 1.38. The predicted octanol–water partition coefficient (Wildman–Crippen LogP) is 2.98. The van der Waals surface area contributed by atoms with Crippen molar-refractivity contribution in [1.29, 1.82) is 0 Å². The molecule has 160 valence electrons. The second kappa shape index (κ2) is 10.0. The molecule has 2 amide bonds. The number of nitrogens with one attached hydrogen (secondary N) is 2. The van der Waals surface area contributed by atoms with Crippen LogP contribution in [0, 0.1) is 0 Å². The normalized spacial score (nSPS) is 14.8. The van der Waals surface area contributed by atoms with E-state index in [1.807, 2.05) is 54.6 Å². The predicted molar refractivity (Wildman–Crippen MR) is 119 cm³/mol. The highest BCUT2D eigenvalue weighted by molar-refractivity contribution is 5.90. The molecule has 7 heteroatoms. The van der Waals surface area contributed by atoms with Crippen LogP contribution in [0.15, 0.2) is 73.1 Å². The molecular formula is C24H27N5O2. The van der Waals surface area contributed by atoms with Gasteiger partial charge < -0.3 is 10.6 Å². The molecular weight excluding hydrogens is 390 g/mol. The Labute approximate surface area is 182 Å². The maximum Gasteiger partial charge on any atom is 0.246 e. The smallest absolute Gasteiger partial charge is 0.246 e. The molecule has 1 saturated heterocycles. The van der Waals surface area contributed by atoms with Crippen molar-refractivity contribution in [2.24, 2.45) is 0 Å². The Bertz CT molecular complexity index is 998. The lowest BCUT2D eigenvalue weighted by Gasteiger charge is -2.27. The number of amides is 2. The number of rotatable bonds is 8. The third kappa shape index (κ3) is 5.58. The molecule has 0 radical (unpaired) electrons. The lowest BCUT2D eigenvalue weighted by molar-refractivity contribution is -0.126. The van der Waals surface area contributed by atoms with Gasteiger partial charge in [0.05, 0.1) is 0 Å². The number of carbonyl (C=O) groups is 2. The molecule has 1 aliphatic heterocycles. The third-order valence-corrected chi connectivity index (χ3v) is 5.41. The van der Waals surface area contributed by atoms with Gasteiger partial charge in [-0.15, -0.1) is 0 Å². The molecule has 1 unspecified atom stereocenters. The van der Waals surface area contributed by atoms with Gasteiger partial charge in [0.2, 0.25) is 11.8 Å². The lowest BCUT2D eigenvalue weighted by Crippen LogP contribution is -2.39. The molecule has 0 bridgehead atoms. The number of benzene rings is 2. The van der Waals surface area contributed by atoms with Crippen molar-refractivity contribution in [2.75, 3.05) is 18.4 Å². The summed E-state index contributed by atoms with van der Waals surface area (Å²) in [6.07, 6.45) is 5.63. The first-order valence-corrected chi connectivity index (χ1v) is 10.6. The molecule has 31 heavy (non-hydrogen) atoms. The zero-order chi connectivity index (χ0) is 21.5. The van der Waals surface area contributed by atoms with Crippen molar-refractivity contribution in [1.82, 2.24) is 20.0 Å². The summed E-state index contributed by atoms with van der Waals surface area (Å²) in [4.78, 5) is 27.6. The lowest BCUT2D eigenvalue weighted by atomic mass is 10.0. The van der Waals surface area contributed by atoms with E-state index in [9.17, 15) is 9.59 Å². The monoisotopic (exact) mass is 417 g/mol. The van der Waals surface area contributed by atoms with Crippen LogP contribution in [0.1, 0.15) is 30.0 Å². The quantitative estimate of drug-likeness (QED) is 0.591. The van der Waals surface area contributed by atoms with Crippen molar-refractivity contribution >= 4 is 17.5 Å². The van der Waals surface area contributed by atoms with Crippen LogP contribution in [0.2, 0.25) is 0 Å². The van der Waals surface area contributed by atoms with Crippen LogP contribution in [-0.2, 0) is 22.7 Å². The number of carbonyl (C=O) groups excluding carboxylic acids is 2. The highest BCUT2D eigenvalue weighted by Crippen LogP contribution is 2.25. The van der Waals surface area contributed by atoms with Gasteiger partial charge in [-0.05, 0) is 55.3 Å². The van der Waals surface area contributed by atoms with Gasteiger partial charge in [-0.1, -0.05) is 42.5 Å². The van der Waals surface area contributed by atoms with Gasteiger partial charge >= 0.3 is 0 Å². The van der Waals surface area contributed by atoms with Crippen LogP contribution in [0.4, 0.5) is 5.69 Å². The van der Waals surface area contributed by atoms with Crippen molar-refractivity contribution in [2.45, 2.75) is 32.0 Å². The van der Waals surface area contributed by atoms with E-state index in [1.165, 1.54) is 0 Å². The summed E-state index contributed by atoms with van der Waals surface area (Å²) in [6, 6.07) is 19.0. The van der Waals surface area contributed by atoms with Gasteiger partial charge in [0.1, 0.15) is 12.6 Å². The van der Waals surface area contributed by atoms with Gasteiger partial charge in [0.25, 0.3) is 0 Å². The van der Waals surface area contributed by atoms with Gasteiger partial charge in [-0.3, -0.25) is 19.2 Å². The summed E-state index contributed by atoms with van der Waals surface area (Å²) in [7, 11) is 0. The van der Waals surface area contributed by atoms with E-state index in [0.29, 0.717) is 12.2 Å². The SMILES string of the molecule is O=C(Cn1cccn1)Nc1cccc(CNC(=O)C(c2ccccc2)N2CCCC2)c1. The minimum absolute atomic E-state index is 0.00113. The zero-order valence-corrected chi connectivity index (χ0v) is 17.4. The van der Waals surface area contributed by atoms with Crippen LogP contribution >= 0.6 is 0 Å². The molecule has 0 aliphatic carbocycles. The van der Waals surface area contributed by atoms with Crippen molar-refractivity contribution in [3.8, 4) is 0 Å². The Morgan fingerprint density at radius 3 is 2.55 bits per heavy atom. The van der Waals surface area contributed by atoms with Crippen molar-refractivity contribution in [3.05, 3.63) is 84.2 Å². The topological polar surface area (TPSA) is 79.3 Å². The first kappa shape index (κ1) is 20.8. The Hall–Kier alpha value is -3.45. The molecule has 4 rings (SSSR count). The standard InChI is InChI=1S/C24H27N5O2/c30-22(18-29-15-7-12-26-29)27-21-11-6-8-19(16-21)17-25-24(31)23(28-13-4-5-14-28)20-9-2-1-3-10-20/h1-3,6-12,15-16,23H,4-5,13-14,17-18H2,(H,25,31)(H,27,30). The van der Waals surface area contributed by atoms with Gasteiger partial charge in [-0.2, -0.15) is 5.10 Å². The first-order chi connectivity index (χ1) is 15.2. The molecule has 7 nitrogen and oxygen atoms in total. The van der Waals surface area contributed by atoms with Gasteiger partial charge in [0.15, 0.2) is 0 Å². The molecule has 0 saturated carbocycles. The Kier molecular flexibility index (Phi) is 6.74. The van der Waals surface area contributed by atoms with Gasteiger partial charge in [-0.25, -0.2) is 0 Å². The van der Waals surface area contributed by atoms with E-state index in [-0.39, 0.29) is 24.4 Å². The summed E-state index contributed by atoms with van der Waals surface area (Å²) in [5.74, 6) is -0.149. The second-order valence-electron chi connectivity index (χ2n) is 7.73. The van der Waals surface area contributed by atoms with E-state index in [1.54, 1.807) is 23.1 Å². The van der Waals surface area contributed by atoms with Crippen LogP contribution in [0.3, 0.4) is 0 Å². The molecule has 1 fully saturated rings. The summed E-state index contributed by atoms with van der Waals surface area (Å²) in [5.41, 5.74) is 2.64. The van der Waals surface area contributed by atoms with E-state index in [2.05, 4.69) is 20.6 Å². The van der Waals surface area contributed by atoms with E-state index < -0.39 is 0 Å². The molecule has 1 aliphatic rings. The fraction of sp³-hybridized carbons (Fsp3) is 0.292. The molecule has 3 aromatic rings. The molecule has 2 N–H and O–H groups in total. The Morgan fingerprint density at radius 1 is 1.00 bits per heavy atom. The molecule has 0 spiro atoms. The van der Waals surface area contributed by atoms with Crippen LogP contribution in [-0.4, -0.2) is 39.6 Å².